The summed E-state index contributed by atoms with van der Waals surface area (Å²) in [5, 5.41) is 15.0. The number of rotatable bonds is 7. The van der Waals surface area contributed by atoms with Gasteiger partial charge in [0.15, 0.2) is 0 Å². The summed E-state index contributed by atoms with van der Waals surface area (Å²) in [6.45, 7) is 0.448. The number of aromatic nitrogens is 2. The first-order valence-corrected chi connectivity index (χ1v) is 8.70. The Bertz CT molecular complexity index is 1010. The number of nitrogens with one attached hydrogen (secondary N) is 2. The summed E-state index contributed by atoms with van der Waals surface area (Å²) < 4.78 is 5.31. The Morgan fingerprint density at radius 3 is 2.75 bits per heavy atom. The van der Waals surface area contributed by atoms with Crippen LogP contribution in [0.5, 0.6) is 5.75 Å². The molecule has 3 aromatic rings. The minimum Gasteiger partial charge on any atom is -0.496 e. The molecule has 3 rings (SSSR count). The second-order valence-electron chi connectivity index (χ2n) is 5.87. The van der Waals surface area contributed by atoms with Gasteiger partial charge >= 0.3 is 0 Å². The van der Waals surface area contributed by atoms with E-state index in [9.17, 15) is 4.79 Å². The zero-order valence-corrected chi connectivity index (χ0v) is 15.3. The number of nitriles is 1. The molecular formula is C21H19N5O2. The van der Waals surface area contributed by atoms with Crippen LogP contribution in [-0.2, 0) is 6.42 Å². The number of nitrogens with zero attached hydrogens (tertiary/aromatic N) is 3. The third-order valence-electron chi connectivity index (χ3n) is 4.05. The quantitative estimate of drug-likeness (QED) is 0.660. The maximum atomic E-state index is 12.4. The number of hydrogen-bond acceptors (Lipinski definition) is 6. The molecule has 0 saturated heterocycles. The van der Waals surface area contributed by atoms with E-state index in [1.54, 1.807) is 37.4 Å². The van der Waals surface area contributed by atoms with Crippen molar-refractivity contribution < 1.29 is 9.53 Å². The molecule has 140 valence electrons. The van der Waals surface area contributed by atoms with E-state index in [1.165, 1.54) is 6.20 Å². The van der Waals surface area contributed by atoms with Crippen LogP contribution in [0.2, 0.25) is 0 Å². The number of benzene rings is 2. The highest BCUT2D eigenvalue weighted by Gasteiger charge is 2.10. The van der Waals surface area contributed by atoms with E-state index in [-0.39, 0.29) is 17.5 Å². The second-order valence-corrected chi connectivity index (χ2v) is 5.87. The number of amides is 1. The van der Waals surface area contributed by atoms with Gasteiger partial charge in [-0.1, -0.05) is 30.3 Å². The van der Waals surface area contributed by atoms with Crippen LogP contribution in [0.3, 0.4) is 0 Å². The maximum Gasteiger partial charge on any atom is 0.270 e. The van der Waals surface area contributed by atoms with E-state index in [0.717, 1.165) is 11.3 Å². The minimum atomic E-state index is -0.297. The molecule has 0 atom stereocenters. The molecule has 1 heterocycles. The summed E-state index contributed by atoms with van der Waals surface area (Å²) in [5.41, 5.74) is 2.31. The predicted octanol–water partition coefficient (Wildman–Crippen LogP) is 3.07. The van der Waals surface area contributed by atoms with E-state index in [4.69, 9.17) is 10.00 Å². The molecule has 1 amide bonds. The van der Waals surface area contributed by atoms with Crippen LogP contribution in [0.25, 0.3) is 0 Å². The molecule has 7 nitrogen and oxygen atoms in total. The van der Waals surface area contributed by atoms with Crippen molar-refractivity contribution in [3.05, 3.63) is 77.6 Å². The molecule has 28 heavy (non-hydrogen) atoms. The number of anilines is 2. The SMILES string of the molecule is COc1ccccc1CCNC(=O)c1ccnc(Nc2ccccc2C#N)n1. The van der Waals surface area contributed by atoms with Gasteiger partial charge in [0.25, 0.3) is 5.91 Å². The first kappa shape index (κ1) is 18.9. The van der Waals surface area contributed by atoms with Gasteiger partial charge in [-0.2, -0.15) is 5.26 Å². The molecule has 0 radical (unpaired) electrons. The van der Waals surface area contributed by atoms with E-state index in [2.05, 4.69) is 26.7 Å². The molecule has 0 unspecified atom stereocenters. The van der Waals surface area contributed by atoms with Crippen molar-refractivity contribution in [3.63, 3.8) is 0 Å². The Balaban J connectivity index is 1.63. The Morgan fingerprint density at radius 1 is 1.14 bits per heavy atom. The Labute approximate surface area is 163 Å². The van der Waals surface area contributed by atoms with Crippen molar-refractivity contribution in [2.24, 2.45) is 0 Å². The van der Waals surface area contributed by atoms with Gasteiger partial charge in [-0.25, -0.2) is 9.97 Å². The van der Waals surface area contributed by atoms with Crippen molar-refractivity contribution in [2.45, 2.75) is 6.42 Å². The van der Waals surface area contributed by atoms with Gasteiger partial charge in [0.1, 0.15) is 17.5 Å². The highest BCUT2D eigenvalue weighted by atomic mass is 16.5. The van der Waals surface area contributed by atoms with E-state index >= 15 is 0 Å². The average molecular weight is 373 g/mol. The fourth-order valence-corrected chi connectivity index (χ4v) is 2.67. The topological polar surface area (TPSA) is 99.9 Å². The molecular weight excluding hydrogens is 354 g/mol. The van der Waals surface area contributed by atoms with Crippen LogP contribution in [0, 0.1) is 11.3 Å². The van der Waals surface area contributed by atoms with Gasteiger partial charge in [-0.05, 0) is 36.2 Å². The molecule has 0 aliphatic carbocycles. The summed E-state index contributed by atoms with van der Waals surface area (Å²) >= 11 is 0. The van der Waals surface area contributed by atoms with Gasteiger partial charge < -0.3 is 15.4 Å². The predicted molar refractivity (Wildman–Crippen MR) is 106 cm³/mol. The third kappa shape index (κ3) is 4.62. The van der Waals surface area contributed by atoms with Gasteiger partial charge in [-0.3, -0.25) is 4.79 Å². The molecule has 2 N–H and O–H groups in total. The zero-order chi connectivity index (χ0) is 19.8. The monoisotopic (exact) mass is 373 g/mol. The second kappa shape index (κ2) is 9.14. The van der Waals surface area contributed by atoms with Crippen molar-refractivity contribution in [2.75, 3.05) is 19.0 Å². The van der Waals surface area contributed by atoms with Gasteiger partial charge in [-0.15, -0.1) is 0 Å². The summed E-state index contributed by atoms with van der Waals surface area (Å²) in [5.74, 6) is 0.746. The van der Waals surface area contributed by atoms with Crippen LogP contribution in [0.4, 0.5) is 11.6 Å². The zero-order valence-electron chi connectivity index (χ0n) is 15.3. The summed E-state index contributed by atoms with van der Waals surface area (Å²) in [6, 6.07) is 18.3. The maximum absolute atomic E-state index is 12.4. The third-order valence-corrected chi connectivity index (χ3v) is 4.05. The van der Waals surface area contributed by atoms with Gasteiger partial charge in [0, 0.05) is 12.7 Å². The van der Waals surface area contributed by atoms with Gasteiger partial charge in [0.05, 0.1) is 18.4 Å². The lowest BCUT2D eigenvalue weighted by Crippen LogP contribution is -2.27. The minimum absolute atomic E-state index is 0.243. The van der Waals surface area contributed by atoms with Gasteiger partial charge in [0.2, 0.25) is 5.95 Å². The Morgan fingerprint density at radius 2 is 1.93 bits per heavy atom. The first-order chi connectivity index (χ1) is 13.7. The lowest BCUT2D eigenvalue weighted by molar-refractivity contribution is 0.0949. The van der Waals surface area contributed by atoms with Crippen molar-refractivity contribution >= 4 is 17.5 Å². The smallest absolute Gasteiger partial charge is 0.270 e. The van der Waals surface area contributed by atoms with E-state index in [1.807, 2.05) is 24.3 Å². The fourth-order valence-electron chi connectivity index (χ4n) is 2.67. The first-order valence-electron chi connectivity index (χ1n) is 8.70. The normalized spacial score (nSPS) is 10.0. The number of methoxy groups -OCH3 is 1. The van der Waals surface area contributed by atoms with Crippen molar-refractivity contribution in [1.82, 2.24) is 15.3 Å². The number of carbonyl (C=O) groups excluding carboxylic acids is 1. The lowest BCUT2D eigenvalue weighted by atomic mass is 10.1. The number of carbonyl (C=O) groups is 1. The molecule has 2 aromatic carbocycles. The van der Waals surface area contributed by atoms with Crippen LogP contribution in [-0.4, -0.2) is 29.5 Å². The summed E-state index contributed by atoms with van der Waals surface area (Å²) in [7, 11) is 1.62. The summed E-state index contributed by atoms with van der Waals surface area (Å²) in [6.07, 6.45) is 2.14. The molecule has 0 spiro atoms. The van der Waals surface area contributed by atoms with Crippen LogP contribution >= 0.6 is 0 Å². The van der Waals surface area contributed by atoms with E-state index < -0.39 is 0 Å². The molecule has 0 fully saturated rings. The molecule has 0 bridgehead atoms. The summed E-state index contributed by atoms with van der Waals surface area (Å²) in [4.78, 5) is 20.8. The Kier molecular flexibility index (Phi) is 6.16. The largest absolute Gasteiger partial charge is 0.496 e. The molecule has 7 heteroatoms. The fraction of sp³-hybridized carbons (Fsp3) is 0.143. The van der Waals surface area contributed by atoms with E-state index in [0.29, 0.717) is 24.2 Å². The van der Waals surface area contributed by atoms with Crippen molar-refractivity contribution in [3.8, 4) is 11.8 Å². The lowest BCUT2D eigenvalue weighted by Gasteiger charge is -2.10. The highest BCUT2D eigenvalue weighted by molar-refractivity contribution is 5.92. The number of ether oxygens (including phenoxy) is 1. The Hall–Kier alpha value is -3.92. The standard InChI is InChI=1S/C21H19N5O2/c1-28-19-9-5-3-6-15(19)10-12-23-20(27)18-11-13-24-21(26-18)25-17-8-4-2-7-16(17)14-22/h2-9,11,13H,10,12H2,1H3,(H,23,27)(H,24,25,26). The van der Waals surface area contributed by atoms with Crippen molar-refractivity contribution in [1.29, 1.82) is 5.26 Å². The van der Waals surface area contributed by atoms with Crippen LogP contribution in [0.1, 0.15) is 21.6 Å². The van der Waals surface area contributed by atoms with Crippen LogP contribution < -0.4 is 15.4 Å². The molecule has 0 saturated carbocycles. The number of hydrogen-bond donors (Lipinski definition) is 2. The average Bonchev–Trinajstić information content (AvgIpc) is 2.74. The molecule has 0 aliphatic rings. The highest BCUT2D eigenvalue weighted by Crippen LogP contribution is 2.18. The molecule has 0 aliphatic heterocycles. The number of para-hydroxylation sites is 2. The molecule has 1 aromatic heterocycles. The van der Waals surface area contributed by atoms with Crippen LogP contribution in [0.15, 0.2) is 60.8 Å².